The number of carbonyl (C=O) groups excluding carboxylic acids is 1. The first-order valence-electron chi connectivity index (χ1n) is 6.72. The Morgan fingerprint density at radius 2 is 2.05 bits per heavy atom. The van der Waals surface area contributed by atoms with Crippen LogP contribution in [0.15, 0.2) is 6.20 Å². The van der Waals surface area contributed by atoms with Gasteiger partial charge in [-0.25, -0.2) is 8.42 Å². The summed E-state index contributed by atoms with van der Waals surface area (Å²) in [6.07, 6.45) is 5.47. The summed E-state index contributed by atoms with van der Waals surface area (Å²) >= 11 is 0. The molecule has 0 N–H and O–H groups in total. The van der Waals surface area contributed by atoms with E-state index in [1.54, 1.807) is 6.20 Å². The zero-order valence-electron chi connectivity index (χ0n) is 11.1. The predicted octanol–water partition coefficient (Wildman–Crippen LogP) is 1.33. The number of hydrogen-bond donors (Lipinski definition) is 0. The van der Waals surface area contributed by atoms with Crippen LogP contribution in [-0.4, -0.2) is 35.5 Å². The fourth-order valence-electron chi connectivity index (χ4n) is 3.19. The molecule has 19 heavy (non-hydrogen) atoms. The molecule has 104 valence electrons. The number of hydrogen-bond acceptors (Lipinski definition) is 4. The third kappa shape index (κ3) is 2.12. The summed E-state index contributed by atoms with van der Waals surface area (Å²) in [5, 5.41) is 4.34. The second-order valence-corrected chi connectivity index (χ2v) is 8.07. The quantitative estimate of drug-likeness (QED) is 0.729. The van der Waals surface area contributed by atoms with Crippen LogP contribution in [0.2, 0.25) is 0 Å². The lowest BCUT2D eigenvalue weighted by Gasteiger charge is -2.25. The summed E-state index contributed by atoms with van der Waals surface area (Å²) in [6, 6.07) is 0. The highest BCUT2D eigenvalue weighted by Crippen LogP contribution is 2.33. The summed E-state index contributed by atoms with van der Waals surface area (Å²) in [7, 11) is -2.97. The van der Waals surface area contributed by atoms with Crippen molar-refractivity contribution in [2.45, 2.75) is 44.6 Å². The molecule has 2 heterocycles. The molecule has 0 saturated carbocycles. The SMILES string of the molecule is CC1(n2ncc3c2CCCCC3=O)CCS(=O)(=O)C1. The molecule has 0 aromatic carbocycles. The first-order chi connectivity index (χ1) is 8.91. The largest absolute Gasteiger partial charge is 0.294 e. The zero-order chi connectivity index (χ0) is 13.7. The van der Waals surface area contributed by atoms with Gasteiger partial charge in [0, 0.05) is 12.1 Å². The van der Waals surface area contributed by atoms with Crippen LogP contribution in [0.1, 0.15) is 48.7 Å². The van der Waals surface area contributed by atoms with Crippen molar-refractivity contribution in [3.8, 4) is 0 Å². The molecule has 1 fully saturated rings. The van der Waals surface area contributed by atoms with Crippen molar-refractivity contribution in [3.05, 3.63) is 17.5 Å². The van der Waals surface area contributed by atoms with Gasteiger partial charge in [0.25, 0.3) is 0 Å². The molecule has 1 aliphatic carbocycles. The summed E-state index contributed by atoms with van der Waals surface area (Å²) in [5.41, 5.74) is 1.14. The molecule has 1 atom stereocenters. The van der Waals surface area contributed by atoms with E-state index in [0.29, 0.717) is 18.4 Å². The maximum Gasteiger partial charge on any atom is 0.166 e. The Hall–Kier alpha value is -1.17. The Morgan fingerprint density at radius 3 is 2.74 bits per heavy atom. The van der Waals surface area contributed by atoms with Crippen molar-refractivity contribution in [3.63, 3.8) is 0 Å². The van der Waals surface area contributed by atoms with Gasteiger partial charge in [-0.3, -0.25) is 9.48 Å². The smallest absolute Gasteiger partial charge is 0.166 e. The van der Waals surface area contributed by atoms with E-state index in [4.69, 9.17) is 0 Å². The maximum absolute atomic E-state index is 12.0. The highest BCUT2D eigenvalue weighted by molar-refractivity contribution is 7.91. The third-order valence-corrected chi connectivity index (χ3v) is 6.12. The van der Waals surface area contributed by atoms with Crippen LogP contribution in [0.25, 0.3) is 0 Å². The van der Waals surface area contributed by atoms with E-state index in [0.717, 1.165) is 25.0 Å². The van der Waals surface area contributed by atoms with Gasteiger partial charge in [-0.1, -0.05) is 0 Å². The van der Waals surface area contributed by atoms with E-state index >= 15 is 0 Å². The molecule has 3 rings (SSSR count). The average molecular weight is 282 g/mol. The standard InChI is InChI=1S/C13H18N2O3S/c1-13(6-7-19(17,18)9-13)15-11-4-2-3-5-12(16)10(11)8-14-15/h8H,2-7,9H2,1H3. The number of fused-ring (bicyclic) bond motifs is 1. The van der Waals surface area contributed by atoms with Gasteiger partial charge in [-0.2, -0.15) is 5.10 Å². The molecule has 1 aliphatic heterocycles. The van der Waals surface area contributed by atoms with E-state index in [2.05, 4.69) is 5.10 Å². The van der Waals surface area contributed by atoms with E-state index in [1.165, 1.54) is 0 Å². The minimum Gasteiger partial charge on any atom is -0.294 e. The van der Waals surface area contributed by atoms with E-state index in [1.807, 2.05) is 11.6 Å². The highest BCUT2D eigenvalue weighted by Gasteiger charge is 2.42. The van der Waals surface area contributed by atoms with Gasteiger partial charge in [-0.15, -0.1) is 0 Å². The van der Waals surface area contributed by atoms with Crippen molar-refractivity contribution < 1.29 is 13.2 Å². The summed E-state index contributed by atoms with van der Waals surface area (Å²) in [6.45, 7) is 1.93. The summed E-state index contributed by atoms with van der Waals surface area (Å²) in [5.74, 6) is 0.484. The van der Waals surface area contributed by atoms with Gasteiger partial charge in [-0.05, 0) is 32.6 Å². The number of ketones is 1. The molecular weight excluding hydrogens is 264 g/mol. The molecule has 1 aromatic heterocycles. The Bertz CT molecular complexity index is 632. The van der Waals surface area contributed by atoms with Crippen LogP contribution in [0.5, 0.6) is 0 Å². The number of carbonyl (C=O) groups is 1. The van der Waals surface area contributed by atoms with Crippen LogP contribution < -0.4 is 0 Å². The van der Waals surface area contributed by atoms with E-state index < -0.39 is 15.4 Å². The van der Waals surface area contributed by atoms with Gasteiger partial charge in [0.05, 0.1) is 28.8 Å². The fourth-order valence-corrected chi connectivity index (χ4v) is 5.29. The first kappa shape index (κ1) is 12.8. The second-order valence-electron chi connectivity index (χ2n) is 5.89. The van der Waals surface area contributed by atoms with Crippen LogP contribution in [0.4, 0.5) is 0 Å². The number of sulfone groups is 1. The van der Waals surface area contributed by atoms with Crippen LogP contribution >= 0.6 is 0 Å². The van der Waals surface area contributed by atoms with Crippen molar-refractivity contribution in [1.29, 1.82) is 0 Å². The highest BCUT2D eigenvalue weighted by atomic mass is 32.2. The lowest BCUT2D eigenvalue weighted by molar-refractivity contribution is 0.0982. The van der Waals surface area contributed by atoms with Gasteiger partial charge < -0.3 is 0 Å². The van der Waals surface area contributed by atoms with E-state index in [-0.39, 0.29) is 17.3 Å². The van der Waals surface area contributed by atoms with Crippen molar-refractivity contribution in [2.24, 2.45) is 0 Å². The minimum absolute atomic E-state index is 0.127. The third-order valence-electron chi connectivity index (χ3n) is 4.23. The molecule has 0 spiro atoms. The molecule has 2 aliphatic rings. The lowest BCUT2D eigenvalue weighted by Crippen LogP contribution is -2.34. The van der Waals surface area contributed by atoms with Crippen molar-refractivity contribution >= 4 is 15.6 Å². The Morgan fingerprint density at radius 1 is 1.32 bits per heavy atom. The minimum atomic E-state index is -2.97. The van der Waals surface area contributed by atoms with Crippen molar-refractivity contribution in [2.75, 3.05) is 11.5 Å². The molecule has 1 saturated heterocycles. The molecule has 0 radical (unpaired) electrons. The Kier molecular flexibility index (Phi) is 2.81. The van der Waals surface area contributed by atoms with E-state index in [9.17, 15) is 13.2 Å². The lowest BCUT2D eigenvalue weighted by atomic mass is 10.0. The molecule has 0 amide bonds. The molecule has 5 nitrogen and oxygen atoms in total. The molecule has 0 bridgehead atoms. The topological polar surface area (TPSA) is 69.0 Å². The monoisotopic (exact) mass is 282 g/mol. The number of aromatic nitrogens is 2. The normalized spacial score (nSPS) is 30.1. The van der Waals surface area contributed by atoms with Crippen LogP contribution in [0, 0.1) is 0 Å². The molecular formula is C13H18N2O3S. The van der Waals surface area contributed by atoms with Crippen LogP contribution in [0.3, 0.4) is 0 Å². The molecule has 6 heteroatoms. The second kappa shape index (κ2) is 4.16. The zero-order valence-corrected chi connectivity index (χ0v) is 11.9. The number of rotatable bonds is 1. The maximum atomic E-state index is 12.0. The van der Waals surface area contributed by atoms with Gasteiger partial charge in [0.1, 0.15) is 0 Å². The number of Topliss-reactive ketones (excluding diaryl/α,β-unsaturated/α-hetero) is 1. The fraction of sp³-hybridized carbons (Fsp3) is 0.692. The van der Waals surface area contributed by atoms with Crippen LogP contribution in [-0.2, 0) is 21.8 Å². The average Bonchev–Trinajstić information content (AvgIpc) is 2.82. The van der Waals surface area contributed by atoms with Crippen molar-refractivity contribution in [1.82, 2.24) is 9.78 Å². The Labute approximate surface area is 112 Å². The molecule has 1 aromatic rings. The predicted molar refractivity (Wildman–Crippen MR) is 71.0 cm³/mol. The summed E-state index contributed by atoms with van der Waals surface area (Å²) < 4.78 is 25.3. The Balaban J connectivity index is 2.06. The summed E-state index contributed by atoms with van der Waals surface area (Å²) in [4.78, 5) is 12.0. The number of nitrogens with zero attached hydrogens (tertiary/aromatic N) is 2. The molecule has 1 unspecified atom stereocenters. The van der Waals surface area contributed by atoms with Gasteiger partial charge in [0.2, 0.25) is 0 Å². The van der Waals surface area contributed by atoms with Gasteiger partial charge in [0.15, 0.2) is 15.6 Å². The van der Waals surface area contributed by atoms with Gasteiger partial charge >= 0.3 is 0 Å². The first-order valence-corrected chi connectivity index (χ1v) is 8.54.